The molecule has 1 heterocycles. The molecular weight excluding hydrogens is 348 g/mol. The van der Waals surface area contributed by atoms with Gasteiger partial charge in [0.25, 0.3) is 0 Å². The first kappa shape index (κ1) is 17.2. The zero-order valence-electron chi connectivity index (χ0n) is 13.4. The molecular formula is C17H19ClN2O3S. The first-order valence-electron chi connectivity index (χ1n) is 7.49. The maximum Gasteiger partial charge on any atom is 0.159 e. The standard InChI is InChI=1S/C17H19ClN2O3S/c1-19(2)8-11(21)9-20-12-5-10(18)3-4-16(12)24-17-7-15(23)14(22)6-13(17)20/h3-7,11,21-23H,8-9H2,1-2H3. The summed E-state index contributed by atoms with van der Waals surface area (Å²) in [7, 11) is 3.80. The molecule has 2 aromatic carbocycles. The monoisotopic (exact) mass is 366 g/mol. The zero-order valence-corrected chi connectivity index (χ0v) is 15.0. The number of benzene rings is 2. The van der Waals surface area contributed by atoms with Crippen LogP contribution in [0.4, 0.5) is 11.4 Å². The number of aliphatic hydroxyl groups excluding tert-OH is 1. The normalized spacial score (nSPS) is 14.5. The van der Waals surface area contributed by atoms with Crippen molar-refractivity contribution in [3.8, 4) is 11.5 Å². The Bertz CT molecular complexity index is 770. The molecule has 24 heavy (non-hydrogen) atoms. The van der Waals surface area contributed by atoms with E-state index in [0.29, 0.717) is 18.1 Å². The molecule has 0 fully saturated rings. The SMILES string of the molecule is CN(C)CC(O)CN1c2cc(Cl)ccc2Sc2cc(O)c(O)cc21. The van der Waals surface area contributed by atoms with E-state index in [9.17, 15) is 15.3 Å². The molecule has 0 aromatic heterocycles. The van der Waals surface area contributed by atoms with Crippen molar-refractivity contribution in [2.24, 2.45) is 0 Å². The van der Waals surface area contributed by atoms with Gasteiger partial charge in [0.05, 0.1) is 24.0 Å². The number of halogens is 1. The fourth-order valence-corrected chi connectivity index (χ4v) is 4.02. The second-order valence-electron chi connectivity index (χ2n) is 6.05. The highest BCUT2D eigenvalue weighted by Gasteiger charge is 2.27. The van der Waals surface area contributed by atoms with Crippen molar-refractivity contribution in [1.82, 2.24) is 4.90 Å². The van der Waals surface area contributed by atoms with Crippen molar-refractivity contribution in [3.63, 3.8) is 0 Å². The Morgan fingerprint density at radius 3 is 2.46 bits per heavy atom. The van der Waals surface area contributed by atoms with Gasteiger partial charge >= 0.3 is 0 Å². The summed E-state index contributed by atoms with van der Waals surface area (Å²) in [4.78, 5) is 5.64. The van der Waals surface area contributed by atoms with Gasteiger partial charge in [-0.15, -0.1) is 0 Å². The van der Waals surface area contributed by atoms with E-state index in [4.69, 9.17) is 11.6 Å². The van der Waals surface area contributed by atoms with Crippen LogP contribution in [0.1, 0.15) is 0 Å². The Hall–Kier alpha value is -1.60. The van der Waals surface area contributed by atoms with Gasteiger partial charge in [-0.05, 0) is 38.4 Å². The van der Waals surface area contributed by atoms with E-state index in [-0.39, 0.29) is 11.5 Å². The van der Waals surface area contributed by atoms with Crippen LogP contribution >= 0.6 is 23.4 Å². The fraction of sp³-hybridized carbons (Fsp3) is 0.294. The number of phenols is 2. The Morgan fingerprint density at radius 1 is 1.08 bits per heavy atom. The minimum Gasteiger partial charge on any atom is -0.504 e. The summed E-state index contributed by atoms with van der Waals surface area (Å²) < 4.78 is 0. The van der Waals surface area contributed by atoms with Crippen molar-refractivity contribution < 1.29 is 15.3 Å². The van der Waals surface area contributed by atoms with Gasteiger partial charge in [-0.2, -0.15) is 0 Å². The first-order chi connectivity index (χ1) is 11.3. The van der Waals surface area contributed by atoms with Crippen LogP contribution in [0, 0.1) is 0 Å². The zero-order chi connectivity index (χ0) is 17.4. The lowest BCUT2D eigenvalue weighted by atomic mass is 10.1. The van der Waals surface area contributed by atoms with Crippen molar-refractivity contribution >= 4 is 34.7 Å². The molecule has 3 rings (SSSR count). The number of anilines is 2. The Kier molecular flexibility index (Phi) is 4.83. The number of β-amino-alcohol motifs (C(OH)–C–C–N with tert-alkyl or cyclic N) is 1. The summed E-state index contributed by atoms with van der Waals surface area (Å²) in [6.07, 6.45) is -0.585. The van der Waals surface area contributed by atoms with Gasteiger partial charge in [-0.3, -0.25) is 0 Å². The molecule has 0 radical (unpaired) electrons. The highest BCUT2D eigenvalue weighted by Crippen LogP contribution is 2.51. The molecule has 0 saturated carbocycles. The van der Waals surface area contributed by atoms with Gasteiger partial charge in [0, 0.05) is 27.4 Å². The lowest BCUT2D eigenvalue weighted by Gasteiger charge is -2.35. The number of rotatable bonds is 4. The molecule has 1 aliphatic heterocycles. The number of likely N-dealkylation sites (N-methyl/N-ethyl adjacent to an activating group) is 1. The average Bonchev–Trinajstić information content (AvgIpc) is 2.49. The molecule has 3 N–H and O–H groups in total. The molecule has 1 aliphatic rings. The highest BCUT2D eigenvalue weighted by atomic mass is 35.5. The van der Waals surface area contributed by atoms with E-state index in [0.717, 1.165) is 21.2 Å². The number of nitrogens with zero attached hydrogens (tertiary/aromatic N) is 2. The molecule has 128 valence electrons. The number of fused-ring (bicyclic) bond motifs is 2. The van der Waals surface area contributed by atoms with Crippen molar-refractivity contribution in [2.75, 3.05) is 32.1 Å². The number of phenolic OH excluding ortho intramolecular Hbond substituents is 2. The van der Waals surface area contributed by atoms with E-state index in [2.05, 4.69) is 0 Å². The summed E-state index contributed by atoms with van der Waals surface area (Å²) in [5.74, 6) is -0.348. The molecule has 5 nitrogen and oxygen atoms in total. The number of aromatic hydroxyl groups is 2. The lowest BCUT2D eigenvalue weighted by molar-refractivity contribution is 0.143. The minimum atomic E-state index is -0.585. The predicted octanol–water partition coefficient (Wildman–Crippen LogP) is 3.28. The molecule has 1 unspecified atom stereocenters. The van der Waals surface area contributed by atoms with E-state index in [1.54, 1.807) is 0 Å². The van der Waals surface area contributed by atoms with Crippen LogP contribution in [0.3, 0.4) is 0 Å². The second kappa shape index (κ2) is 6.72. The topological polar surface area (TPSA) is 67.2 Å². The Balaban J connectivity index is 2.05. The van der Waals surface area contributed by atoms with Crippen LogP contribution < -0.4 is 4.90 Å². The van der Waals surface area contributed by atoms with E-state index in [1.165, 1.54) is 23.9 Å². The smallest absolute Gasteiger partial charge is 0.159 e. The van der Waals surface area contributed by atoms with Gasteiger partial charge < -0.3 is 25.1 Å². The van der Waals surface area contributed by atoms with Crippen molar-refractivity contribution in [2.45, 2.75) is 15.9 Å². The molecule has 0 saturated heterocycles. The summed E-state index contributed by atoms with van der Waals surface area (Å²) in [5.41, 5.74) is 1.62. The first-order valence-corrected chi connectivity index (χ1v) is 8.68. The van der Waals surface area contributed by atoms with E-state index >= 15 is 0 Å². The highest BCUT2D eigenvalue weighted by molar-refractivity contribution is 7.99. The average molecular weight is 367 g/mol. The minimum absolute atomic E-state index is 0.160. The third kappa shape index (κ3) is 3.42. The Morgan fingerprint density at radius 2 is 1.75 bits per heavy atom. The van der Waals surface area contributed by atoms with Crippen LogP contribution in [-0.4, -0.2) is 53.5 Å². The van der Waals surface area contributed by atoms with Crippen molar-refractivity contribution in [1.29, 1.82) is 0 Å². The number of hydrogen-bond donors (Lipinski definition) is 3. The molecule has 0 amide bonds. The molecule has 0 bridgehead atoms. The third-order valence-electron chi connectivity index (χ3n) is 3.75. The molecule has 0 spiro atoms. The third-order valence-corrected chi connectivity index (χ3v) is 5.09. The van der Waals surface area contributed by atoms with Gasteiger partial charge in [0.15, 0.2) is 11.5 Å². The van der Waals surface area contributed by atoms with Crippen LogP contribution in [0.25, 0.3) is 0 Å². The predicted molar refractivity (Wildman–Crippen MR) is 96.9 cm³/mol. The second-order valence-corrected chi connectivity index (χ2v) is 7.57. The van der Waals surface area contributed by atoms with Crippen LogP contribution in [-0.2, 0) is 0 Å². The van der Waals surface area contributed by atoms with Gasteiger partial charge in [-0.25, -0.2) is 0 Å². The largest absolute Gasteiger partial charge is 0.504 e. The van der Waals surface area contributed by atoms with Crippen LogP contribution in [0.5, 0.6) is 11.5 Å². The number of aliphatic hydroxyl groups is 1. The van der Waals surface area contributed by atoms with E-state index < -0.39 is 6.10 Å². The fourth-order valence-electron chi connectivity index (χ4n) is 2.76. The maximum atomic E-state index is 10.4. The van der Waals surface area contributed by atoms with Crippen molar-refractivity contribution in [3.05, 3.63) is 35.4 Å². The van der Waals surface area contributed by atoms with Crippen LogP contribution in [0.15, 0.2) is 40.1 Å². The summed E-state index contributed by atoms with van der Waals surface area (Å²) in [6, 6.07) is 8.63. The number of hydrogen-bond acceptors (Lipinski definition) is 6. The van der Waals surface area contributed by atoms with E-state index in [1.807, 2.05) is 42.1 Å². The lowest BCUT2D eigenvalue weighted by Crippen LogP contribution is -2.36. The summed E-state index contributed by atoms with van der Waals surface area (Å²) in [6.45, 7) is 0.863. The Labute approximate surface area is 150 Å². The molecule has 0 aliphatic carbocycles. The summed E-state index contributed by atoms with van der Waals surface area (Å²) >= 11 is 7.65. The van der Waals surface area contributed by atoms with Gasteiger partial charge in [-0.1, -0.05) is 23.4 Å². The van der Waals surface area contributed by atoms with Crippen LogP contribution in [0.2, 0.25) is 5.02 Å². The van der Waals surface area contributed by atoms with Gasteiger partial charge in [0.1, 0.15) is 0 Å². The molecule has 2 aromatic rings. The molecule has 1 atom stereocenters. The van der Waals surface area contributed by atoms with Gasteiger partial charge in [0.2, 0.25) is 0 Å². The molecule has 7 heteroatoms. The maximum absolute atomic E-state index is 10.4. The summed E-state index contributed by atoms with van der Waals surface area (Å²) in [5, 5.41) is 30.7. The quantitative estimate of drug-likeness (QED) is 0.722.